The summed E-state index contributed by atoms with van der Waals surface area (Å²) in [5.74, 6) is 2.98. The van der Waals surface area contributed by atoms with E-state index < -0.39 is 0 Å². The lowest BCUT2D eigenvalue weighted by Gasteiger charge is -2.20. The van der Waals surface area contributed by atoms with Crippen LogP contribution in [0.2, 0.25) is 0 Å². The van der Waals surface area contributed by atoms with Crippen LogP contribution >= 0.6 is 0 Å². The zero-order chi connectivity index (χ0) is 10.4. The highest BCUT2D eigenvalue weighted by atomic mass is 16.2. The Kier molecular flexibility index (Phi) is 4.52. The normalized spacial score (nSPS) is 18.3. The van der Waals surface area contributed by atoms with Gasteiger partial charge in [0, 0.05) is 13.0 Å². The minimum absolute atomic E-state index is 0.232. The van der Waals surface area contributed by atoms with E-state index in [4.69, 9.17) is 6.42 Å². The second-order valence-electron chi connectivity index (χ2n) is 4.09. The summed E-state index contributed by atoms with van der Waals surface area (Å²) in [6.07, 6.45) is 12.2. The first-order valence-electron chi connectivity index (χ1n) is 5.44. The third-order valence-electron chi connectivity index (χ3n) is 2.91. The van der Waals surface area contributed by atoms with Gasteiger partial charge in [-0.05, 0) is 12.8 Å². The van der Waals surface area contributed by atoms with Crippen LogP contribution < -0.4 is 0 Å². The van der Waals surface area contributed by atoms with Crippen LogP contribution in [0.3, 0.4) is 0 Å². The minimum Gasteiger partial charge on any atom is -0.334 e. The molecule has 0 heterocycles. The van der Waals surface area contributed by atoms with E-state index in [-0.39, 0.29) is 11.8 Å². The van der Waals surface area contributed by atoms with E-state index in [0.717, 1.165) is 12.8 Å². The van der Waals surface area contributed by atoms with E-state index in [9.17, 15) is 4.79 Å². The molecule has 2 nitrogen and oxygen atoms in total. The molecule has 0 aromatic rings. The van der Waals surface area contributed by atoms with Gasteiger partial charge >= 0.3 is 0 Å². The first kappa shape index (κ1) is 11.1. The molecule has 0 saturated heterocycles. The average molecular weight is 193 g/mol. The topological polar surface area (TPSA) is 20.3 Å². The smallest absolute Gasteiger partial charge is 0.226 e. The van der Waals surface area contributed by atoms with Crippen LogP contribution in [0.25, 0.3) is 0 Å². The summed E-state index contributed by atoms with van der Waals surface area (Å²) in [5, 5.41) is 0. The molecule has 1 rings (SSSR count). The molecule has 0 aromatic carbocycles. The largest absolute Gasteiger partial charge is 0.334 e. The summed E-state index contributed by atoms with van der Waals surface area (Å²) in [6.45, 7) is 0.440. The van der Waals surface area contributed by atoms with Crippen molar-refractivity contribution >= 4 is 5.91 Å². The number of carbonyl (C=O) groups excluding carboxylic acids is 1. The SMILES string of the molecule is C#CCN(C)C(=O)C1CCCCCC1. The monoisotopic (exact) mass is 193 g/mol. The number of amides is 1. The van der Waals surface area contributed by atoms with Crippen molar-refractivity contribution < 1.29 is 4.79 Å². The fourth-order valence-corrected chi connectivity index (χ4v) is 2.05. The number of carbonyl (C=O) groups is 1. The maximum atomic E-state index is 11.9. The van der Waals surface area contributed by atoms with Gasteiger partial charge in [-0.3, -0.25) is 4.79 Å². The van der Waals surface area contributed by atoms with Crippen molar-refractivity contribution in [3.63, 3.8) is 0 Å². The molecule has 0 atom stereocenters. The standard InChI is InChI=1S/C12H19NO/c1-3-10-13(2)12(14)11-8-6-4-5-7-9-11/h1,11H,4-10H2,2H3. The van der Waals surface area contributed by atoms with Crippen LogP contribution in [0.5, 0.6) is 0 Å². The Morgan fingerprint density at radius 1 is 1.36 bits per heavy atom. The van der Waals surface area contributed by atoms with Crippen LogP contribution in [0.15, 0.2) is 0 Å². The summed E-state index contributed by atoms with van der Waals surface area (Å²) < 4.78 is 0. The van der Waals surface area contributed by atoms with Gasteiger partial charge in [0.1, 0.15) is 0 Å². The summed E-state index contributed by atoms with van der Waals surface area (Å²) >= 11 is 0. The molecule has 0 radical (unpaired) electrons. The average Bonchev–Trinajstić information content (AvgIpc) is 2.45. The van der Waals surface area contributed by atoms with Crippen molar-refractivity contribution in [1.82, 2.24) is 4.90 Å². The van der Waals surface area contributed by atoms with Crippen molar-refractivity contribution in [2.45, 2.75) is 38.5 Å². The van der Waals surface area contributed by atoms with Crippen LogP contribution in [0, 0.1) is 18.3 Å². The Bertz CT molecular complexity index is 221. The molecule has 2 heteroatoms. The Balaban J connectivity index is 2.45. The van der Waals surface area contributed by atoms with Crippen LogP contribution in [0.4, 0.5) is 0 Å². The number of rotatable bonds is 2. The van der Waals surface area contributed by atoms with Crippen LogP contribution in [-0.4, -0.2) is 24.4 Å². The second-order valence-corrected chi connectivity index (χ2v) is 4.09. The van der Waals surface area contributed by atoms with Crippen molar-refractivity contribution in [2.75, 3.05) is 13.6 Å². The summed E-state index contributed by atoms with van der Waals surface area (Å²) in [6, 6.07) is 0. The zero-order valence-electron chi connectivity index (χ0n) is 8.96. The third kappa shape index (κ3) is 3.06. The molecule has 1 fully saturated rings. The Labute approximate surface area is 86.7 Å². The molecule has 1 amide bonds. The first-order valence-corrected chi connectivity index (χ1v) is 5.44. The van der Waals surface area contributed by atoms with Gasteiger partial charge in [0.25, 0.3) is 0 Å². The van der Waals surface area contributed by atoms with Gasteiger partial charge in [-0.2, -0.15) is 0 Å². The third-order valence-corrected chi connectivity index (χ3v) is 2.91. The lowest BCUT2D eigenvalue weighted by atomic mass is 9.99. The van der Waals surface area contributed by atoms with Crippen molar-refractivity contribution in [2.24, 2.45) is 5.92 Å². The number of terminal acetylenes is 1. The fourth-order valence-electron chi connectivity index (χ4n) is 2.05. The fraction of sp³-hybridized carbons (Fsp3) is 0.750. The predicted molar refractivity (Wildman–Crippen MR) is 57.7 cm³/mol. The van der Waals surface area contributed by atoms with Gasteiger partial charge < -0.3 is 4.90 Å². The molecule has 0 aromatic heterocycles. The number of hydrogen-bond acceptors (Lipinski definition) is 1. The first-order chi connectivity index (χ1) is 6.75. The molecule has 0 spiro atoms. The number of hydrogen-bond donors (Lipinski definition) is 0. The van der Waals surface area contributed by atoms with E-state index in [1.165, 1.54) is 25.7 Å². The highest BCUT2D eigenvalue weighted by Gasteiger charge is 2.22. The summed E-state index contributed by atoms with van der Waals surface area (Å²) in [4.78, 5) is 13.5. The molecule has 78 valence electrons. The highest BCUT2D eigenvalue weighted by molar-refractivity contribution is 5.78. The lowest BCUT2D eigenvalue weighted by molar-refractivity contribution is -0.134. The molecule has 0 N–H and O–H groups in total. The van der Waals surface area contributed by atoms with Gasteiger partial charge in [-0.15, -0.1) is 6.42 Å². The second kappa shape index (κ2) is 5.70. The Morgan fingerprint density at radius 2 is 1.93 bits per heavy atom. The predicted octanol–water partition coefficient (Wildman–Crippen LogP) is 2.05. The maximum absolute atomic E-state index is 11.9. The van der Waals surface area contributed by atoms with E-state index in [1.807, 2.05) is 0 Å². The molecule has 0 aliphatic heterocycles. The Hall–Kier alpha value is -0.970. The molecular formula is C12H19NO. The van der Waals surface area contributed by atoms with Gasteiger partial charge in [-0.25, -0.2) is 0 Å². The maximum Gasteiger partial charge on any atom is 0.226 e. The van der Waals surface area contributed by atoms with Crippen molar-refractivity contribution in [3.05, 3.63) is 0 Å². The van der Waals surface area contributed by atoms with Crippen molar-refractivity contribution in [3.8, 4) is 12.3 Å². The molecule has 1 aliphatic rings. The molecule has 0 bridgehead atoms. The molecule has 0 unspecified atom stereocenters. The Morgan fingerprint density at radius 3 is 2.43 bits per heavy atom. The number of nitrogens with zero attached hydrogens (tertiary/aromatic N) is 1. The summed E-state index contributed by atoms with van der Waals surface area (Å²) in [5.41, 5.74) is 0. The van der Waals surface area contributed by atoms with Crippen LogP contribution in [0.1, 0.15) is 38.5 Å². The minimum atomic E-state index is 0.232. The zero-order valence-corrected chi connectivity index (χ0v) is 8.96. The lowest BCUT2D eigenvalue weighted by Crippen LogP contribution is -2.33. The molecular weight excluding hydrogens is 174 g/mol. The molecule has 1 aliphatic carbocycles. The molecule has 1 saturated carbocycles. The summed E-state index contributed by atoms with van der Waals surface area (Å²) in [7, 11) is 1.80. The quantitative estimate of drug-likeness (QED) is 0.485. The highest BCUT2D eigenvalue weighted by Crippen LogP contribution is 2.24. The molecule has 14 heavy (non-hydrogen) atoms. The van der Waals surface area contributed by atoms with Gasteiger partial charge in [0.2, 0.25) is 5.91 Å². The van der Waals surface area contributed by atoms with E-state index >= 15 is 0 Å². The van der Waals surface area contributed by atoms with E-state index in [2.05, 4.69) is 5.92 Å². The van der Waals surface area contributed by atoms with E-state index in [0.29, 0.717) is 6.54 Å². The van der Waals surface area contributed by atoms with Gasteiger partial charge in [-0.1, -0.05) is 31.6 Å². The van der Waals surface area contributed by atoms with Crippen LogP contribution in [-0.2, 0) is 4.79 Å². The van der Waals surface area contributed by atoms with E-state index in [1.54, 1.807) is 11.9 Å². The van der Waals surface area contributed by atoms with Gasteiger partial charge in [0.05, 0.1) is 6.54 Å². The van der Waals surface area contributed by atoms with Crippen molar-refractivity contribution in [1.29, 1.82) is 0 Å². The van der Waals surface area contributed by atoms with Gasteiger partial charge in [0.15, 0.2) is 0 Å².